The molecule has 1 atom stereocenters. The van der Waals surface area contributed by atoms with E-state index in [2.05, 4.69) is 32.6 Å². The predicted molar refractivity (Wildman–Crippen MR) is 133 cm³/mol. The maximum absolute atomic E-state index is 12.6. The molecule has 6 nitrogen and oxygen atoms in total. The van der Waals surface area contributed by atoms with Gasteiger partial charge in [-0.3, -0.25) is 14.5 Å². The van der Waals surface area contributed by atoms with Crippen molar-refractivity contribution in [3.63, 3.8) is 0 Å². The summed E-state index contributed by atoms with van der Waals surface area (Å²) in [5, 5.41) is 6.72. The molecule has 1 aliphatic rings. The second-order valence-corrected chi connectivity index (χ2v) is 8.98. The zero-order valence-corrected chi connectivity index (χ0v) is 20.1. The van der Waals surface area contributed by atoms with Gasteiger partial charge in [0.1, 0.15) is 0 Å². The van der Waals surface area contributed by atoms with Crippen molar-refractivity contribution in [3.05, 3.63) is 52.5 Å². The number of carbonyl (C=O) groups excluding carboxylic acids is 2. The highest BCUT2D eigenvalue weighted by molar-refractivity contribution is 6.31. The molecule has 1 unspecified atom stereocenters. The molecule has 2 amide bonds. The summed E-state index contributed by atoms with van der Waals surface area (Å²) in [5.41, 5.74) is 4.69. The van der Waals surface area contributed by atoms with Crippen molar-refractivity contribution in [1.29, 1.82) is 0 Å². The molecule has 0 spiro atoms. The number of halogens is 1. The van der Waals surface area contributed by atoms with Gasteiger partial charge in [-0.2, -0.15) is 0 Å². The van der Waals surface area contributed by atoms with Gasteiger partial charge in [0.2, 0.25) is 11.8 Å². The van der Waals surface area contributed by atoms with E-state index in [4.69, 9.17) is 11.6 Å². The summed E-state index contributed by atoms with van der Waals surface area (Å²) in [5.74, 6) is -0.0465. The minimum absolute atomic E-state index is 0.0142. The number of nitrogens with one attached hydrogen (secondary N) is 2. The SMILES string of the molecule is CCC(C)C(=O)Nc1ccc(NC(=O)CN2CCN(c3ccc(Cl)c(C)c3)CC2)cc1C. The number of anilines is 3. The van der Waals surface area contributed by atoms with Gasteiger partial charge in [0.15, 0.2) is 0 Å². The van der Waals surface area contributed by atoms with Crippen molar-refractivity contribution >= 4 is 40.5 Å². The lowest BCUT2D eigenvalue weighted by molar-refractivity contribution is -0.119. The summed E-state index contributed by atoms with van der Waals surface area (Å²) in [4.78, 5) is 29.2. The zero-order valence-electron chi connectivity index (χ0n) is 19.4. The van der Waals surface area contributed by atoms with Crippen molar-refractivity contribution < 1.29 is 9.59 Å². The molecule has 0 radical (unpaired) electrons. The fraction of sp³-hybridized carbons (Fsp3) is 0.440. The molecular formula is C25H33ClN4O2. The molecular weight excluding hydrogens is 424 g/mol. The van der Waals surface area contributed by atoms with E-state index in [0.717, 1.165) is 60.1 Å². The molecule has 2 N–H and O–H groups in total. The van der Waals surface area contributed by atoms with Gasteiger partial charge in [-0.1, -0.05) is 25.4 Å². The molecule has 3 rings (SSSR count). The van der Waals surface area contributed by atoms with Crippen LogP contribution in [0, 0.1) is 19.8 Å². The lowest BCUT2D eigenvalue weighted by Crippen LogP contribution is -2.48. The van der Waals surface area contributed by atoms with Crippen LogP contribution in [0.15, 0.2) is 36.4 Å². The molecule has 0 bridgehead atoms. The van der Waals surface area contributed by atoms with Gasteiger partial charge in [0.05, 0.1) is 6.54 Å². The Morgan fingerprint density at radius 2 is 1.72 bits per heavy atom. The van der Waals surface area contributed by atoms with Crippen LogP contribution in [0.3, 0.4) is 0 Å². The van der Waals surface area contributed by atoms with Crippen molar-refractivity contribution in [2.24, 2.45) is 5.92 Å². The van der Waals surface area contributed by atoms with Crippen LogP contribution >= 0.6 is 11.6 Å². The first kappa shape index (κ1) is 24.1. The topological polar surface area (TPSA) is 64.7 Å². The summed E-state index contributed by atoms with van der Waals surface area (Å²) >= 11 is 6.14. The van der Waals surface area contributed by atoms with Gasteiger partial charge in [-0.05, 0) is 67.8 Å². The molecule has 1 heterocycles. The summed E-state index contributed by atoms with van der Waals surface area (Å²) in [6.07, 6.45) is 0.798. The number of nitrogens with zero attached hydrogens (tertiary/aromatic N) is 2. The Morgan fingerprint density at radius 1 is 1.00 bits per heavy atom. The second kappa shape index (κ2) is 10.8. The summed E-state index contributed by atoms with van der Waals surface area (Å²) in [7, 11) is 0. The van der Waals surface area contributed by atoms with Crippen LogP contribution in [0.1, 0.15) is 31.4 Å². The van der Waals surface area contributed by atoms with E-state index in [-0.39, 0.29) is 17.7 Å². The van der Waals surface area contributed by atoms with Crippen LogP contribution < -0.4 is 15.5 Å². The van der Waals surface area contributed by atoms with E-state index in [1.807, 2.05) is 52.0 Å². The first-order valence-corrected chi connectivity index (χ1v) is 11.6. The summed E-state index contributed by atoms with van der Waals surface area (Å²) in [6.45, 7) is 11.6. The third-order valence-electron chi connectivity index (χ3n) is 6.07. The normalized spacial score (nSPS) is 15.3. The van der Waals surface area contributed by atoms with E-state index in [0.29, 0.717) is 6.54 Å². The number of piperazine rings is 1. The van der Waals surface area contributed by atoms with E-state index in [9.17, 15) is 9.59 Å². The lowest BCUT2D eigenvalue weighted by Gasteiger charge is -2.36. The van der Waals surface area contributed by atoms with Crippen molar-refractivity contribution in [2.75, 3.05) is 48.3 Å². The Labute approximate surface area is 195 Å². The predicted octanol–water partition coefficient (Wildman–Crippen LogP) is 4.70. The Balaban J connectivity index is 1.49. The van der Waals surface area contributed by atoms with E-state index in [1.165, 1.54) is 5.69 Å². The van der Waals surface area contributed by atoms with Gasteiger partial charge in [0, 0.05) is 54.2 Å². The minimum atomic E-state index is -0.0309. The van der Waals surface area contributed by atoms with Gasteiger partial charge in [-0.25, -0.2) is 0 Å². The number of hydrogen-bond donors (Lipinski definition) is 2. The average Bonchev–Trinajstić information content (AvgIpc) is 2.77. The van der Waals surface area contributed by atoms with Gasteiger partial charge < -0.3 is 15.5 Å². The molecule has 0 saturated carbocycles. The molecule has 7 heteroatoms. The van der Waals surface area contributed by atoms with Crippen LogP contribution in [0.4, 0.5) is 17.1 Å². The van der Waals surface area contributed by atoms with E-state index >= 15 is 0 Å². The van der Waals surface area contributed by atoms with Gasteiger partial charge in [-0.15, -0.1) is 0 Å². The number of hydrogen-bond acceptors (Lipinski definition) is 4. The fourth-order valence-electron chi connectivity index (χ4n) is 3.72. The zero-order chi connectivity index (χ0) is 23.3. The summed E-state index contributed by atoms with van der Waals surface area (Å²) in [6, 6.07) is 11.7. The molecule has 1 aliphatic heterocycles. The summed E-state index contributed by atoms with van der Waals surface area (Å²) < 4.78 is 0. The molecule has 172 valence electrons. The number of carbonyl (C=O) groups is 2. The second-order valence-electron chi connectivity index (χ2n) is 8.57. The number of benzene rings is 2. The van der Waals surface area contributed by atoms with Crippen LogP contribution in [0.2, 0.25) is 5.02 Å². The lowest BCUT2D eigenvalue weighted by atomic mass is 10.1. The van der Waals surface area contributed by atoms with Crippen LogP contribution in [0.5, 0.6) is 0 Å². The maximum Gasteiger partial charge on any atom is 0.238 e. The third-order valence-corrected chi connectivity index (χ3v) is 6.50. The Bertz CT molecular complexity index is 970. The molecule has 32 heavy (non-hydrogen) atoms. The average molecular weight is 457 g/mol. The maximum atomic E-state index is 12.6. The van der Waals surface area contributed by atoms with Crippen molar-refractivity contribution in [2.45, 2.75) is 34.1 Å². The highest BCUT2D eigenvalue weighted by atomic mass is 35.5. The molecule has 0 aliphatic carbocycles. The highest BCUT2D eigenvalue weighted by Gasteiger charge is 2.20. The Morgan fingerprint density at radius 3 is 2.34 bits per heavy atom. The van der Waals surface area contributed by atoms with E-state index < -0.39 is 0 Å². The van der Waals surface area contributed by atoms with Gasteiger partial charge >= 0.3 is 0 Å². The van der Waals surface area contributed by atoms with Crippen molar-refractivity contribution in [1.82, 2.24) is 4.90 Å². The standard InChI is InChI=1S/C25H33ClN4O2/c1-5-17(2)25(32)28-23-9-6-20(14-19(23)4)27-24(31)16-29-10-12-30(13-11-29)21-7-8-22(26)18(3)15-21/h6-9,14-15,17H,5,10-13,16H2,1-4H3,(H,27,31)(H,28,32). The Kier molecular flexibility index (Phi) is 8.15. The minimum Gasteiger partial charge on any atom is -0.369 e. The van der Waals surface area contributed by atoms with Crippen LogP contribution in [-0.2, 0) is 9.59 Å². The van der Waals surface area contributed by atoms with Crippen molar-refractivity contribution in [3.8, 4) is 0 Å². The first-order valence-electron chi connectivity index (χ1n) is 11.2. The molecule has 1 fully saturated rings. The number of amides is 2. The van der Waals surface area contributed by atoms with Crippen LogP contribution in [-0.4, -0.2) is 49.4 Å². The third kappa shape index (κ3) is 6.24. The molecule has 2 aromatic carbocycles. The molecule has 2 aromatic rings. The largest absolute Gasteiger partial charge is 0.369 e. The van der Waals surface area contributed by atoms with Crippen LogP contribution in [0.25, 0.3) is 0 Å². The number of aryl methyl sites for hydroxylation is 2. The molecule has 0 aromatic heterocycles. The monoisotopic (exact) mass is 456 g/mol. The first-order chi connectivity index (χ1) is 15.3. The molecule has 1 saturated heterocycles. The Hall–Kier alpha value is -2.57. The number of rotatable bonds is 7. The van der Waals surface area contributed by atoms with Gasteiger partial charge in [0.25, 0.3) is 0 Å². The van der Waals surface area contributed by atoms with E-state index in [1.54, 1.807) is 0 Å². The smallest absolute Gasteiger partial charge is 0.238 e. The quantitative estimate of drug-likeness (QED) is 0.633. The highest BCUT2D eigenvalue weighted by Crippen LogP contribution is 2.24. The fourth-order valence-corrected chi connectivity index (χ4v) is 3.83.